The molecule has 0 amide bonds. The van der Waals surface area contributed by atoms with Crippen molar-refractivity contribution in [3.05, 3.63) is 48.5 Å². The smallest absolute Gasteiger partial charge is 0.0570 e. The van der Waals surface area contributed by atoms with E-state index < -0.39 is 0 Å². The lowest BCUT2D eigenvalue weighted by Crippen LogP contribution is -1.96. The van der Waals surface area contributed by atoms with Gasteiger partial charge in [-0.2, -0.15) is 0 Å². The van der Waals surface area contributed by atoms with E-state index in [1.54, 1.807) is 12.4 Å². The Bertz CT molecular complexity index is 300. The molecule has 2 nitrogen and oxygen atoms in total. The van der Waals surface area contributed by atoms with Gasteiger partial charge in [0.1, 0.15) is 0 Å². The van der Waals surface area contributed by atoms with Gasteiger partial charge in [0.2, 0.25) is 0 Å². The van der Waals surface area contributed by atoms with Crippen LogP contribution in [0.25, 0.3) is 0 Å². The predicted octanol–water partition coefficient (Wildman–Crippen LogP) is 4.00. The maximum Gasteiger partial charge on any atom is 0.0570 e. The van der Waals surface area contributed by atoms with E-state index in [1.165, 1.54) is 0 Å². The van der Waals surface area contributed by atoms with E-state index in [-0.39, 0.29) is 0 Å². The Balaban J connectivity index is 0.000000921. The molecule has 0 unspecified atom stereocenters. The Morgan fingerprint density at radius 3 is 2.53 bits per heavy atom. The van der Waals surface area contributed by atoms with Gasteiger partial charge >= 0.3 is 0 Å². The lowest BCUT2D eigenvalue weighted by Gasteiger charge is -2.05. The third-order valence-electron chi connectivity index (χ3n) is 1.61. The molecule has 0 saturated carbocycles. The molecule has 0 aliphatic carbocycles. The lowest BCUT2D eigenvalue weighted by atomic mass is 10.3. The van der Waals surface area contributed by atoms with Crippen molar-refractivity contribution in [2.75, 3.05) is 5.32 Å². The van der Waals surface area contributed by atoms with Crippen molar-refractivity contribution < 1.29 is 0 Å². The molecule has 0 aliphatic heterocycles. The first-order valence-corrected chi connectivity index (χ1v) is 5.33. The van der Waals surface area contributed by atoms with Gasteiger partial charge in [-0.15, -0.1) is 0 Å². The van der Waals surface area contributed by atoms with Gasteiger partial charge in [-0.25, -0.2) is 0 Å². The topological polar surface area (TPSA) is 24.9 Å². The monoisotopic (exact) mass is 204 g/mol. The van der Waals surface area contributed by atoms with Crippen LogP contribution in [0, 0.1) is 0 Å². The van der Waals surface area contributed by atoms with Crippen LogP contribution < -0.4 is 5.32 Å². The summed E-state index contributed by atoms with van der Waals surface area (Å²) in [6, 6.07) is 3.89. The van der Waals surface area contributed by atoms with Crippen molar-refractivity contribution in [3.8, 4) is 0 Å². The van der Waals surface area contributed by atoms with E-state index in [4.69, 9.17) is 0 Å². The maximum absolute atomic E-state index is 4.02. The van der Waals surface area contributed by atoms with Gasteiger partial charge in [0.25, 0.3) is 0 Å². The van der Waals surface area contributed by atoms with Gasteiger partial charge in [0, 0.05) is 11.9 Å². The number of hydrogen-bond donors (Lipinski definition) is 1. The van der Waals surface area contributed by atoms with Crippen LogP contribution in [0.1, 0.15) is 27.7 Å². The summed E-state index contributed by atoms with van der Waals surface area (Å²) >= 11 is 0. The fraction of sp³-hybridized carbons (Fsp3) is 0.308. The van der Waals surface area contributed by atoms with Crippen molar-refractivity contribution >= 4 is 5.69 Å². The van der Waals surface area contributed by atoms with Crippen LogP contribution in [-0.4, -0.2) is 4.98 Å². The van der Waals surface area contributed by atoms with Crippen LogP contribution in [0.5, 0.6) is 0 Å². The molecule has 0 spiro atoms. The van der Waals surface area contributed by atoms with Crippen LogP contribution >= 0.6 is 0 Å². The average Bonchev–Trinajstić information content (AvgIpc) is 2.32. The fourth-order valence-corrected chi connectivity index (χ4v) is 0.993. The van der Waals surface area contributed by atoms with Gasteiger partial charge < -0.3 is 5.32 Å². The number of allylic oxidation sites excluding steroid dienone is 3. The quantitative estimate of drug-likeness (QED) is 0.753. The van der Waals surface area contributed by atoms with Gasteiger partial charge in [-0.1, -0.05) is 26.0 Å². The summed E-state index contributed by atoms with van der Waals surface area (Å²) in [5.74, 6) is 0. The number of nitrogens with zero attached hydrogens (tertiary/aromatic N) is 1. The molecule has 15 heavy (non-hydrogen) atoms. The molecule has 0 atom stereocenters. The van der Waals surface area contributed by atoms with Crippen LogP contribution in [0.15, 0.2) is 48.5 Å². The number of aromatic nitrogens is 1. The van der Waals surface area contributed by atoms with Crippen molar-refractivity contribution in [2.45, 2.75) is 27.7 Å². The molecule has 0 radical (unpaired) electrons. The van der Waals surface area contributed by atoms with Crippen molar-refractivity contribution in [1.29, 1.82) is 0 Å². The molecule has 0 aliphatic rings. The molecule has 1 N–H and O–H groups in total. The zero-order valence-electron chi connectivity index (χ0n) is 9.99. The minimum atomic E-state index is 1.01. The number of pyridine rings is 1. The van der Waals surface area contributed by atoms with E-state index >= 15 is 0 Å². The minimum absolute atomic E-state index is 1.01. The van der Waals surface area contributed by atoms with E-state index in [1.807, 2.05) is 58.1 Å². The Morgan fingerprint density at radius 1 is 1.33 bits per heavy atom. The molecule has 82 valence electrons. The summed E-state index contributed by atoms with van der Waals surface area (Å²) in [6.07, 6.45) is 9.60. The predicted molar refractivity (Wildman–Crippen MR) is 67.8 cm³/mol. The van der Waals surface area contributed by atoms with Crippen LogP contribution in [0.4, 0.5) is 5.69 Å². The fourth-order valence-electron chi connectivity index (χ4n) is 0.993. The van der Waals surface area contributed by atoms with Gasteiger partial charge in [0.15, 0.2) is 0 Å². The molecule has 0 aromatic carbocycles. The Labute approximate surface area is 92.7 Å². The molecule has 0 saturated heterocycles. The summed E-state index contributed by atoms with van der Waals surface area (Å²) in [5, 5.41) is 3.24. The zero-order valence-corrected chi connectivity index (χ0v) is 9.99. The van der Waals surface area contributed by atoms with E-state index in [9.17, 15) is 0 Å². The highest BCUT2D eigenvalue weighted by Gasteiger charge is 1.91. The second kappa shape index (κ2) is 9.00. The molecule has 1 rings (SSSR count). The third kappa shape index (κ3) is 5.68. The molecule has 0 fully saturated rings. The molecular weight excluding hydrogens is 184 g/mol. The molecule has 1 heterocycles. The Kier molecular flexibility index (Phi) is 8.06. The SMILES string of the molecule is C/C=C\C(=C/C)Nc1cccnc1.CC. The highest BCUT2D eigenvalue weighted by molar-refractivity contribution is 5.48. The summed E-state index contributed by atoms with van der Waals surface area (Å²) in [7, 11) is 0. The molecule has 0 bridgehead atoms. The van der Waals surface area contributed by atoms with Crippen LogP contribution in [-0.2, 0) is 0 Å². The summed E-state index contributed by atoms with van der Waals surface area (Å²) in [6.45, 7) is 7.99. The molecule has 1 aromatic heterocycles. The second-order valence-electron chi connectivity index (χ2n) is 2.61. The number of rotatable bonds is 3. The number of anilines is 1. The van der Waals surface area contributed by atoms with E-state index in [0.717, 1.165) is 11.4 Å². The van der Waals surface area contributed by atoms with Crippen molar-refractivity contribution in [2.24, 2.45) is 0 Å². The first-order valence-electron chi connectivity index (χ1n) is 5.33. The lowest BCUT2D eigenvalue weighted by molar-refractivity contribution is 1.31. The Hall–Kier alpha value is -1.57. The van der Waals surface area contributed by atoms with Gasteiger partial charge in [0.05, 0.1) is 11.9 Å². The van der Waals surface area contributed by atoms with Crippen molar-refractivity contribution in [3.63, 3.8) is 0 Å². The molecular formula is C13H20N2. The average molecular weight is 204 g/mol. The van der Waals surface area contributed by atoms with Gasteiger partial charge in [-0.3, -0.25) is 4.98 Å². The summed E-state index contributed by atoms with van der Waals surface area (Å²) < 4.78 is 0. The highest BCUT2D eigenvalue weighted by atomic mass is 14.9. The van der Waals surface area contributed by atoms with E-state index in [0.29, 0.717) is 0 Å². The number of hydrogen-bond acceptors (Lipinski definition) is 2. The molecule has 1 aromatic rings. The van der Waals surface area contributed by atoms with Crippen LogP contribution in [0.2, 0.25) is 0 Å². The maximum atomic E-state index is 4.02. The zero-order chi connectivity index (χ0) is 11.5. The summed E-state index contributed by atoms with van der Waals surface area (Å²) in [4.78, 5) is 4.02. The van der Waals surface area contributed by atoms with Crippen molar-refractivity contribution in [1.82, 2.24) is 4.98 Å². The van der Waals surface area contributed by atoms with Crippen LogP contribution in [0.3, 0.4) is 0 Å². The number of nitrogens with one attached hydrogen (secondary N) is 1. The highest BCUT2D eigenvalue weighted by Crippen LogP contribution is 2.07. The standard InChI is InChI=1S/C11H14N2.C2H6/c1-3-6-10(4-2)13-11-7-5-8-12-9-11;1-2/h3-9,13H,1-2H3;1-2H3/b6-3-,10-4+;. The Morgan fingerprint density at radius 2 is 2.07 bits per heavy atom. The van der Waals surface area contributed by atoms with Gasteiger partial charge in [-0.05, 0) is 32.1 Å². The largest absolute Gasteiger partial charge is 0.355 e. The second-order valence-corrected chi connectivity index (χ2v) is 2.61. The normalized spacial score (nSPS) is 10.8. The first-order chi connectivity index (χ1) is 7.36. The minimum Gasteiger partial charge on any atom is -0.355 e. The summed E-state index contributed by atoms with van der Waals surface area (Å²) in [5.41, 5.74) is 2.09. The third-order valence-corrected chi connectivity index (χ3v) is 1.61. The first kappa shape index (κ1) is 13.4. The van der Waals surface area contributed by atoms with E-state index in [2.05, 4.69) is 10.3 Å². The molecule has 2 heteroatoms.